The zero-order chi connectivity index (χ0) is 17.6. The van der Waals surface area contributed by atoms with Gasteiger partial charge in [0.2, 0.25) is 0 Å². The van der Waals surface area contributed by atoms with Crippen LogP contribution in [0.4, 0.5) is 4.79 Å². The van der Waals surface area contributed by atoms with Gasteiger partial charge in [-0.1, -0.05) is 0 Å². The van der Waals surface area contributed by atoms with Gasteiger partial charge in [0.1, 0.15) is 5.60 Å². The number of alkyl carbamates (subject to hydrolysis) is 1. The fraction of sp³-hybridized carbons (Fsp3) is 0.722. The van der Waals surface area contributed by atoms with E-state index in [1.807, 2.05) is 27.7 Å². The largest absolute Gasteiger partial charge is 0.444 e. The first-order valence-electron chi connectivity index (χ1n) is 8.50. The van der Waals surface area contributed by atoms with Crippen LogP contribution in [0.25, 0.3) is 0 Å². The fourth-order valence-corrected chi connectivity index (χ4v) is 2.66. The molecule has 0 fully saturated rings. The summed E-state index contributed by atoms with van der Waals surface area (Å²) in [4.78, 5) is 11.7. The molecule has 0 spiro atoms. The molecule has 0 radical (unpaired) electrons. The molecule has 5 heteroatoms. The SMILES string of the molecule is CCn1c(C)cc(CNCCC(C)NC(=O)OC(C)(C)C)c1C. The lowest BCUT2D eigenvalue weighted by Crippen LogP contribution is -2.38. The first-order chi connectivity index (χ1) is 10.6. The van der Waals surface area contributed by atoms with E-state index >= 15 is 0 Å². The molecule has 0 aromatic carbocycles. The summed E-state index contributed by atoms with van der Waals surface area (Å²) < 4.78 is 7.58. The van der Waals surface area contributed by atoms with E-state index in [1.165, 1.54) is 17.0 Å². The molecule has 0 bridgehead atoms. The van der Waals surface area contributed by atoms with Crippen LogP contribution in [0.3, 0.4) is 0 Å². The number of hydrogen-bond acceptors (Lipinski definition) is 3. The van der Waals surface area contributed by atoms with E-state index in [-0.39, 0.29) is 12.1 Å². The second-order valence-electron chi connectivity index (χ2n) is 7.15. The van der Waals surface area contributed by atoms with Gasteiger partial charge in [0.05, 0.1) is 0 Å². The second kappa shape index (κ2) is 8.39. The molecule has 0 aliphatic carbocycles. The number of ether oxygens (including phenoxy) is 1. The maximum atomic E-state index is 11.7. The van der Waals surface area contributed by atoms with Crippen LogP contribution in [0, 0.1) is 13.8 Å². The van der Waals surface area contributed by atoms with Crippen LogP contribution in [0.5, 0.6) is 0 Å². The minimum Gasteiger partial charge on any atom is -0.444 e. The lowest BCUT2D eigenvalue weighted by molar-refractivity contribution is 0.0506. The van der Waals surface area contributed by atoms with Crippen molar-refractivity contribution in [2.45, 2.75) is 79.6 Å². The summed E-state index contributed by atoms with van der Waals surface area (Å²) in [5, 5.41) is 6.32. The van der Waals surface area contributed by atoms with E-state index in [9.17, 15) is 4.79 Å². The summed E-state index contributed by atoms with van der Waals surface area (Å²) in [5.41, 5.74) is 3.53. The van der Waals surface area contributed by atoms with Crippen LogP contribution in [-0.4, -0.2) is 28.8 Å². The standard InChI is InChI=1S/C18H33N3O2/c1-8-21-14(3)11-16(15(21)4)12-19-10-9-13(2)20-17(22)23-18(5,6)7/h11,13,19H,8-10,12H2,1-7H3,(H,20,22). The highest BCUT2D eigenvalue weighted by molar-refractivity contribution is 5.67. The molecule has 0 aliphatic heterocycles. The van der Waals surface area contributed by atoms with E-state index in [0.717, 1.165) is 26.1 Å². The molecule has 0 aliphatic rings. The smallest absolute Gasteiger partial charge is 0.407 e. The molecule has 1 aromatic heterocycles. The molecule has 2 N–H and O–H groups in total. The van der Waals surface area contributed by atoms with Crippen LogP contribution >= 0.6 is 0 Å². The molecule has 1 rings (SSSR count). The topological polar surface area (TPSA) is 55.3 Å². The van der Waals surface area contributed by atoms with E-state index in [4.69, 9.17) is 4.74 Å². The Morgan fingerprint density at radius 2 is 2.00 bits per heavy atom. The maximum absolute atomic E-state index is 11.7. The average molecular weight is 323 g/mol. The van der Waals surface area contributed by atoms with Crippen molar-refractivity contribution in [3.63, 3.8) is 0 Å². The number of nitrogens with one attached hydrogen (secondary N) is 2. The molecule has 0 saturated carbocycles. The summed E-state index contributed by atoms with van der Waals surface area (Å²) in [6.07, 6.45) is 0.516. The lowest BCUT2D eigenvalue weighted by Gasteiger charge is -2.22. The quantitative estimate of drug-likeness (QED) is 0.755. The lowest BCUT2D eigenvalue weighted by atomic mass is 10.2. The molecule has 23 heavy (non-hydrogen) atoms. The van der Waals surface area contributed by atoms with E-state index < -0.39 is 5.60 Å². The maximum Gasteiger partial charge on any atom is 0.407 e. The van der Waals surface area contributed by atoms with Crippen LogP contribution in [-0.2, 0) is 17.8 Å². The van der Waals surface area contributed by atoms with Crippen LogP contribution < -0.4 is 10.6 Å². The number of aromatic nitrogens is 1. The monoisotopic (exact) mass is 323 g/mol. The highest BCUT2D eigenvalue weighted by atomic mass is 16.6. The van der Waals surface area contributed by atoms with Gasteiger partial charge in [-0.2, -0.15) is 0 Å². The van der Waals surface area contributed by atoms with E-state index in [0.29, 0.717) is 0 Å². The summed E-state index contributed by atoms with van der Waals surface area (Å²) in [7, 11) is 0. The van der Waals surface area contributed by atoms with Gasteiger partial charge in [0.15, 0.2) is 0 Å². The van der Waals surface area contributed by atoms with Gasteiger partial charge in [-0.25, -0.2) is 4.79 Å². The Morgan fingerprint density at radius 1 is 1.35 bits per heavy atom. The predicted molar refractivity (Wildman–Crippen MR) is 94.7 cm³/mol. The van der Waals surface area contributed by atoms with Crippen molar-refractivity contribution in [1.82, 2.24) is 15.2 Å². The number of hydrogen-bond donors (Lipinski definition) is 2. The minimum absolute atomic E-state index is 0.0837. The van der Waals surface area contributed by atoms with Crippen molar-refractivity contribution < 1.29 is 9.53 Å². The first kappa shape index (κ1) is 19.6. The van der Waals surface area contributed by atoms with Gasteiger partial charge < -0.3 is 19.9 Å². The van der Waals surface area contributed by atoms with Gasteiger partial charge in [-0.15, -0.1) is 0 Å². The molecule has 1 amide bonds. The van der Waals surface area contributed by atoms with Gasteiger partial charge in [0.25, 0.3) is 0 Å². The molecule has 1 atom stereocenters. The molecule has 1 aromatic rings. The number of nitrogens with zero attached hydrogens (tertiary/aromatic N) is 1. The molecule has 1 heterocycles. The summed E-state index contributed by atoms with van der Waals surface area (Å²) >= 11 is 0. The molecular weight excluding hydrogens is 290 g/mol. The van der Waals surface area contributed by atoms with Crippen molar-refractivity contribution in [3.8, 4) is 0 Å². The van der Waals surface area contributed by atoms with Gasteiger partial charge in [0, 0.05) is 30.5 Å². The third-order valence-electron chi connectivity index (χ3n) is 3.83. The Labute approximate surface area is 140 Å². The fourth-order valence-electron chi connectivity index (χ4n) is 2.66. The second-order valence-corrected chi connectivity index (χ2v) is 7.15. The van der Waals surface area contributed by atoms with Crippen LogP contribution in [0.1, 0.15) is 58.0 Å². The molecule has 5 nitrogen and oxygen atoms in total. The zero-order valence-corrected chi connectivity index (χ0v) is 15.7. The summed E-state index contributed by atoms with van der Waals surface area (Å²) in [5.74, 6) is 0. The van der Waals surface area contributed by atoms with Gasteiger partial charge in [-0.3, -0.25) is 0 Å². The number of amides is 1. The number of rotatable bonds is 7. The molecule has 132 valence electrons. The van der Waals surface area contributed by atoms with Crippen molar-refractivity contribution in [2.75, 3.05) is 6.54 Å². The normalized spacial score (nSPS) is 13.0. The van der Waals surface area contributed by atoms with Crippen molar-refractivity contribution in [3.05, 3.63) is 23.0 Å². The zero-order valence-electron chi connectivity index (χ0n) is 15.7. The summed E-state index contributed by atoms with van der Waals surface area (Å²) in [6.45, 7) is 16.8. The number of carbonyl (C=O) groups is 1. The Bertz CT molecular complexity index is 515. The molecule has 0 saturated heterocycles. The molecular formula is C18H33N3O2. The van der Waals surface area contributed by atoms with E-state index in [1.54, 1.807) is 0 Å². The third-order valence-corrected chi connectivity index (χ3v) is 3.83. The van der Waals surface area contributed by atoms with Crippen LogP contribution in [0.15, 0.2) is 6.07 Å². The average Bonchev–Trinajstić information content (AvgIpc) is 2.66. The number of carbonyl (C=O) groups excluding carboxylic acids is 1. The van der Waals surface area contributed by atoms with Gasteiger partial charge in [-0.05, 0) is 73.1 Å². The number of aryl methyl sites for hydroxylation is 1. The van der Waals surface area contributed by atoms with Crippen LogP contribution in [0.2, 0.25) is 0 Å². The Kier molecular flexibility index (Phi) is 7.13. The van der Waals surface area contributed by atoms with Crippen molar-refractivity contribution >= 4 is 6.09 Å². The highest BCUT2D eigenvalue weighted by Crippen LogP contribution is 2.14. The minimum atomic E-state index is -0.454. The third kappa shape index (κ3) is 6.65. The summed E-state index contributed by atoms with van der Waals surface area (Å²) in [6, 6.07) is 2.33. The van der Waals surface area contributed by atoms with Crippen molar-refractivity contribution in [2.24, 2.45) is 0 Å². The Hall–Kier alpha value is -1.49. The van der Waals surface area contributed by atoms with Crippen molar-refractivity contribution in [1.29, 1.82) is 0 Å². The first-order valence-corrected chi connectivity index (χ1v) is 8.50. The van der Waals surface area contributed by atoms with Gasteiger partial charge >= 0.3 is 6.09 Å². The molecule has 1 unspecified atom stereocenters. The predicted octanol–water partition coefficient (Wildman–Crippen LogP) is 3.52. The Morgan fingerprint density at radius 3 is 2.52 bits per heavy atom. The highest BCUT2D eigenvalue weighted by Gasteiger charge is 2.17. The van der Waals surface area contributed by atoms with E-state index in [2.05, 4.69) is 42.0 Å². The Balaban J connectivity index is 2.31.